The maximum atomic E-state index is 4.10. The molecular formula is C16H28N2. The maximum Gasteiger partial charge on any atom is 0.0321 e. The van der Waals surface area contributed by atoms with Gasteiger partial charge in [-0.1, -0.05) is 46.0 Å². The van der Waals surface area contributed by atoms with E-state index in [-0.39, 0.29) is 0 Å². The van der Waals surface area contributed by atoms with Crippen LogP contribution in [0.3, 0.4) is 0 Å². The standard InChI is InChI=1S/C16H28N2/c1-3-5-6-7-8-9-16(18-12-4-2)15-10-13-17-14-11-15/h10-11,13-14,16,18H,3-9,12H2,1-2H3. The summed E-state index contributed by atoms with van der Waals surface area (Å²) in [6.07, 6.45) is 13.0. The van der Waals surface area contributed by atoms with Crippen molar-refractivity contribution in [1.82, 2.24) is 10.3 Å². The largest absolute Gasteiger partial charge is 0.310 e. The molecule has 0 aromatic carbocycles. The third-order valence-electron chi connectivity index (χ3n) is 3.35. The summed E-state index contributed by atoms with van der Waals surface area (Å²) in [5.74, 6) is 0. The number of unbranched alkanes of at least 4 members (excludes halogenated alkanes) is 4. The second-order valence-corrected chi connectivity index (χ2v) is 4.99. The number of hydrogen-bond acceptors (Lipinski definition) is 2. The molecule has 2 heteroatoms. The van der Waals surface area contributed by atoms with E-state index in [1.807, 2.05) is 12.4 Å². The van der Waals surface area contributed by atoms with Gasteiger partial charge in [-0.05, 0) is 37.1 Å². The zero-order valence-corrected chi connectivity index (χ0v) is 12.0. The Kier molecular flexibility index (Phi) is 8.49. The number of nitrogens with zero attached hydrogens (tertiary/aromatic N) is 1. The van der Waals surface area contributed by atoms with Crippen molar-refractivity contribution in [2.45, 2.75) is 64.8 Å². The van der Waals surface area contributed by atoms with Crippen LogP contribution in [0.5, 0.6) is 0 Å². The van der Waals surface area contributed by atoms with Crippen LogP contribution in [-0.4, -0.2) is 11.5 Å². The lowest BCUT2D eigenvalue weighted by Gasteiger charge is -2.18. The van der Waals surface area contributed by atoms with Crippen LogP contribution in [0.15, 0.2) is 24.5 Å². The van der Waals surface area contributed by atoms with Gasteiger partial charge in [0, 0.05) is 18.4 Å². The Morgan fingerprint density at radius 3 is 2.39 bits per heavy atom. The average molecular weight is 248 g/mol. The third kappa shape index (κ3) is 6.15. The molecule has 1 N–H and O–H groups in total. The van der Waals surface area contributed by atoms with E-state index in [0.29, 0.717) is 6.04 Å². The first-order valence-corrected chi connectivity index (χ1v) is 7.51. The van der Waals surface area contributed by atoms with Crippen molar-refractivity contribution >= 4 is 0 Å². The van der Waals surface area contributed by atoms with Gasteiger partial charge in [0.25, 0.3) is 0 Å². The summed E-state index contributed by atoms with van der Waals surface area (Å²) in [5, 5.41) is 3.65. The summed E-state index contributed by atoms with van der Waals surface area (Å²) in [6.45, 7) is 5.59. The zero-order valence-electron chi connectivity index (χ0n) is 12.0. The number of pyridine rings is 1. The van der Waals surface area contributed by atoms with Crippen LogP contribution < -0.4 is 5.32 Å². The highest BCUT2D eigenvalue weighted by molar-refractivity contribution is 5.14. The van der Waals surface area contributed by atoms with E-state index in [1.54, 1.807) is 0 Å². The van der Waals surface area contributed by atoms with Crippen molar-refractivity contribution in [3.63, 3.8) is 0 Å². The molecule has 0 amide bonds. The first-order chi connectivity index (χ1) is 8.88. The van der Waals surface area contributed by atoms with Gasteiger partial charge >= 0.3 is 0 Å². The van der Waals surface area contributed by atoms with Crippen molar-refractivity contribution < 1.29 is 0 Å². The molecule has 0 spiro atoms. The quantitative estimate of drug-likeness (QED) is 0.617. The van der Waals surface area contributed by atoms with Crippen LogP contribution in [-0.2, 0) is 0 Å². The van der Waals surface area contributed by atoms with Gasteiger partial charge < -0.3 is 5.32 Å². The SMILES string of the molecule is CCCCCCCC(NCCC)c1ccncc1. The molecule has 0 aliphatic rings. The van der Waals surface area contributed by atoms with Crippen LogP contribution in [0.2, 0.25) is 0 Å². The van der Waals surface area contributed by atoms with E-state index >= 15 is 0 Å². The molecule has 1 aromatic heterocycles. The van der Waals surface area contributed by atoms with Gasteiger partial charge in [0.1, 0.15) is 0 Å². The fraction of sp³-hybridized carbons (Fsp3) is 0.688. The van der Waals surface area contributed by atoms with E-state index in [1.165, 1.54) is 50.5 Å². The van der Waals surface area contributed by atoms with Crippen molar-refractivity contribution in [1.29, 1.82) is 0 Å². The number of rotatable bonds is 10. The Hall–Kier alpha value is -0.890. The van der Waals surface area contributed by atoms with E-state index < -0.39 is 0 Å². The lowest BCUT2D eigenvalue weighted by atomic mass is 10.0. The number of nitrogens with one attached hydrogen (secondary N) is 1. The van der Waals surface area contributed by atoms with Crippen LogP contribution in [0, 0.1) is 0 Å². The minimum absolute atomic E-state index is 0.509. The third-order valence-corrected chi connectivity index (χ3v) is 3.35. The summed E-state index contributed by atoms with van der Waals surface area (Å²) in [4.78, 5) is 4.10. The molecule has 0 aliphatic carbocycles. The Bertz CT molecular complexity index is 284. The topological polar surface area (TPSA) is 24.9 Å². The predicted molar refractivity (Wildman–Crippen MR) is 78.6 cm³/mol. The zero-order chi connectivity index (χ0) is 13.1. The van der Waals surface area contributed by atoms with Gasteiger partial charge in [-0.15, -0.1) is 0 Å². The Morgan fingerprint density at radius 2 is 1.72 bits per heavy atom. The number of aromatic nitrogens is 1. The van der Waals surface area contributed by atoms with Crippen molar-refractivity contribution in [3.05, 3.63) is 30.1 Å². The first-order valence-electron chi connectivity index (χ1n) is 7.51. The van der Waals surface area contributed by atoms with Crippen LogP contribution >= 0.6 is 0 Å². The van der Waals surface area contributed by atoms with E-state index in [2.05, 4.69) is 36.3 Å². The minimum atomic E-state index is 0.509. The van der Waals surface area contributed by atoms with Gasteiger partial charge in [0.15, 0.2) is 0 Å². The summed E-state index contributed by atoms with van der Waals surface area (Å²) in [7, 11) is 0. The molecule has 18 heavy (non-hydrogen) atoms. The summed E-state index contributed by atoms with van der Waals surface area (Å²) < 4.78 is 0. The smallest absolute Gasteiger partial charge is 0.0321 e. The molecule has 2 nitrogen and oxygen atoms in total. The Morgan fingerprint density at radius 1 is 1.00 bits per heavy atom. The minimum Gasteiger partial charge on any atom is -0.310 e. The highest BCUT2D eigenvalue weighted by atomic mass is 14.9. The molecule has 1 heterocycles. The highest BCUT2D eigenvalue weighted by Gasteiger charge is 2.09. The maximum absolute atomic E-state index is 4.10. The molecule has 0 saturated carbocycles. The lowest BCUT2D eigenvalue weighted by molar-refractivity contribution is 0.468. The van der Waals surface area contributed by atoms with Crippen molar-refractivity contribution in [3.8, 4) is 0 Å². The highest BCUT2D eigenvalue weighted by Crippen LogP contribution is 2.19. The van der Waals surface area contributed by atoms with Gasteiger partial charge in [-0.25, -0.2) is 0 Å². The summed E-state index contributed by atoms with van der Waals surface area (Å²) >= 11 is 0. The van der Waals surface area contributed by atoms with Crippen molar-refractivity contribution in [2.24, 2.45) is 0 Å². The molecule has 0 aliphatic heterocycles. The van der Waals surface area contributed by atoms with E-state index in [9.17, 15) is 0 Å². The van der Waals surface area contributed by atoms with Gasteiger partial charge in [0.05, 0.1) is 0 Å². The summed E-state index contributed by atoms with van der Waals surface area (Å²) in [5.41, 5.74) is 1.38. The molecule has 1 aromatic rings. The first kappa shape index (κ1) is 15.2. The normalized spacial score (nSPS) is 12.6. The van der Waals surface area contributed by atoms with Crippen LogP contribution in [0.4, 0.5) is 0 Å². The number of hydrogen-bond donors (Lipinski definition) is 1. The van der Waals surface area contributed by atoms with E-state index in [4.69, 9.17) is 0 Å². The lowest BCUT2D eigenvalue weighted by Crippen LogP contribution is -2.22. The molecule has 1 rings (SSSR count). The van der Waals surface area contributed by atoms with Crippen molar-refractivity contribution in [2.75, 3.05) is 6.54 Å². The molecule has 0 radical (unpaired) electrons. The Balaban J connectivity index is 2.36. The fourth-order valence-corrected chi connectivity index (χ4v) is 2.25. The predicted octanol–water partition coefficient (Wildman–Crippen LogP) is 4.48. The molecule has 1 unspecified atom stereocenters. The molecule has 102 valence electrons. The fourth-order valence-electron chi connectivity index (χ4n) is 2.25. The monoisotopic (exact) mass is 248 g/mol. The second-order valence-electron chi connectivity index (χ2n) is 4.99. The van der Waals surface area contributed by atoms with Gasteiger partial charge in [0.2, 0.25) is 0 Å². The van der Waals surface area contributed by atoms with Crippen LogP contribution in [0.25, 0.3) is 0 Å². The van der Waals surface area contributed by atoms with Gasteiger partial charge in [-0.3, -0.25) is 4.98 Å². The second kappa shape index (κ2) is 10.1. The molecule has 0 saturated heterocycles. The average Bonchev–Trinajstić information content (AvgIpc) is 2.43. The Labute approximate surface area is 112 Å². The van der Waals surface area contributed by atoms with Crippen LogP contribution in [0.1, 0.15) is 70.4 Å². The summed E-state index contributed by atoms with van der Waals surface area (Å²) in [6, 6.07) is 4.79. The van der Waals surface area contributed by atoms with Gasteiger partial charge in [-0.2, -0.15) is 0 Å². The van der Waals surface area contributed by atoms with E-state index in [0.717, 1.165) is 6.54 Å². The molecular weight excluding hydrogens is 220 g/mol. The molecule has 0 bridgehead atoms. The molecule has 1 atom stereocenters. The molecule has 0 fully saturated rings.